The summed E-state index contributed by atoms with van der Waals surface area (Å²) in [7, 11) is 0. The number of aromatic nitrogens is 3. The number of rotatable bonds is 3. The number of halogens is 1. The van der Waals surface area contributed by atoms with Crippen LogP contribution < -0.4 is 0 Å². The second-order valence-electron chi connectivity index (χ2n) is 7.60. The smallest absolute Gasteiger partial charge is 0.214 e. The maximum atomic E-state index is 13.3. The molecule has 2 aromatic rings. The highest BCUT2D eigenvalue weighted by atomic mass is 19.1. The summed E-state index contributed by atoms with van der Waals surface area (Å²) in [5, 5.41) is 0. The standard InChI is InChI=1S/C21H20FN3O/c22-19-4-1-3-16(25-19)5-8-20-6-2-7-21(15-20,10-9-20)13-18(26)17-14-23-11-12-24-17/h1,3-4,11-12,14H,2,6-7,9-10,13,15H2. The van der Waals surface area contributed by atoms with Crippen molar-refractivity contribution in [1.82, 2.24) is 15.0 Å². The predicted octanol–water partition coefficient (Wildman–Crippen LogP) is 3.98. The molecule has 5 heteroatoms. The summed E-state index contributed by atoms with van der Waals surface area (Å²) in [6.07, 6.45) is 11.3. The van der Waals surface area contributed by atoms with Crippen molar-refractivity contribution < 1.29 is 9.18 Å². The fourth-order valence-electron chi connectivity index (χ4n) is 4.58. The second-order valence-corrected chi connectivity index (χ2v) is 7.60. The normalized spacial score (nSPS) is 26.8. The van der Waals surface area contributed by atoms with E-state index in [1.807, 2.05) is 0 Å². The number of hydrogen-bond donors (Lipinski definition) is 0. The first kappa shape index (κ1) is 16.8. The number of carbonyl (C=O) groups excluding carboxylic acids is 1. The van der Waals surface area contributed by atoms with Crippen LogP contribution in [0.4, 0.5) is 4.39 Å². The monoisotopic (exact) mass is 349 g/mol. The Morgan fingerprint density at radius 2 is 2.12 bits per heavy atom. The van der Waals surface area contributed by atoms with E-state index in [9.17, 15) is 9.18 Å². The predicted molar refractivity (Wildman–Crippen MR) is 94.6 cm³/mol. The van der Waals surface area contributed by atoms with E-state index in [1.54, 1.807) is 30.7 Å². The zero-order valence-electron chi connectivity index (χ0n) is 14.5. The summed E-state index contributed by atoms with van der Waals surface area (Å²) in [5.74, 6) is 6.02. The minimum Gasteiger partial charge on any atom is -0.292 e. The Morgan fingerprint density at radius 3 is 2.92 bits per heavy atom. The van der Waals surface area contributed by atoms with Gasteiger partial charge in [-0.25, -0.2) is 9.97 Å². The van der Waals surface area contributed by atoms with Gasteiger partial charge in [0.2, 0.25) is 5.95 Å². The SMILES string of the molecule is O=C(CC12CCCC(C#Cc3cccc(F)n3)(CC1)C2)c1cnccn1. The maximum Gasteiger partial charge on any atom is 0.214 e. The van der Waals surface area contributed by atoms with Crippen LogP contribution in [0.3, 0.4) is 0 Å². The molecule has 132 valence electrons. The topological polar surface area (TPSA) is 55.7 Å². The highest BCUT2D eigenvalue weighted by Crippen LogP contribution is 2.60. The first-order valence-electron chi connectivity index (χ1n) is 9.03. The third kappa shape index (κ3) is 3.37. The number of nitrogens with zero attached hydrogens (tertiary/aromatic N) is 3. The van der Waals surface area contributed by atoms with Gasteiger partial charge in [-0.3, -0.25) is 9.78 Å². The van der Waals surface area contributed by atoms with E-state index in [2.05, 4.69) is 26.8 Å². The molecule has 0 radical (unpaired) electrons. The van der Waals surface area contributed by atoms with Crippen LogP contribution in [0.25, 0.3) is 0 Å². The Bertz CT molecular complexity index is 889. The van der Waals surface area contributed by atoms with Crippen molar-refractivity contribution in [2.75, 3.05) is 0 Å². The fraction of sp³-hybridized carbons (Fsp3) is 0.429. The summed E-state index contributed by atoms with van der Waals surface area (Å²) >= 11 is 0. The van der Waals surface area contributed by atoms with Crippen molar-refractivity contribution in [3.63, 3.8) is 0 Å². The lowest BCUT2D eigenvalue weighted by atomic mass is 9.67. The van der Waals surface area contributed by atoms with E-state index in [0.717, 1.165) is 38.5 Å². The number of ketones is 1. The van der Waals surface area contributed by atoms with Crippen LogP contribution in [0.1, 0.15) is 61.1 Å². The number of fused-ring (bicyclic) bond motifs is 2. The Kier molecular flexibility index (Phi) is 4.28. The molecule has 2 aliphatic rings. The number of hydrogen-bond acceptors (Lipinski definition) is 4. The Balaban J connectivity index is 1.52. The molecule has 0 spiro atoms. The van der Waals surface area contributed by atoms with E-state index in [-0.39, 0.29) is 16.6 Å². The first-order valence-corrected chi connectivity index (χ1v) is 9.03. The average Bonchev–Trinajstić information content (AvgIpc) is 2.91. The van der Waals surface area contributed by atoms with Crippen molar-refractivity contribution in [3.05, 3.63) is 54.1 Å². The zero-order chi connectivity index (χ0) is 18.0. The third-order valence-electron chi connectivity index (χ3n) is 5.76. The molecule has 2 saturated carbocycles. The minimum absolute atomic E-state index is 0.0108. The molecular formula is C21H20FN3O. The van der Waals surface area contributed by atoms with Crippen molar-refractivity contribution in [3.8, 4) is 11.8 Å². The van der Waals surface area contributed by atoms with Crippen LogP contribution in [0.5, 0.6) is 0 Å². The van der Waals surface area contributed by atoms with Crippen molar-refractivity contribution in [1.29, 1.82) is 0 Å². The van der Waals surface area contributed by atoms with Gasteiger partial charge in [-0.1, -0.05) is 18.4 Å². The van der Waals surface area contributed by atoms with Crippen LogP contribution in [-0.4, -0.2) is 20.7 Å². The number of carbonyl (C=O) groups is 1. The Labute approximate surface area is 152 Å². The van der Waals surface area contributed by atoms with Gasteiger partial charge in [0.05, 0.1) is 6.20 Å². The molecule has 2 unspecified atom stereocenters. The molecule has 0 amide bonds. The highest BCUT2D eigenvalue weighted by molar-refractivity contribution is 5.94. The second kappa shape index (κ2) is 6.60. The number of Topliss-reactive ketones (excluding diaryl/α,β-unsaturated/α-hetero) is 1. The summed E-state index contributed by atoms with van der Waals surface area (Å²) in [5.41, 5.74) is 0.851. The van der Waals surface area contributed by atoms with Crippen molar-refractivity contribution in [2.45, 2.75) is 44.9 Å². The van der Waals surface area contributed by atoms with Gasteiger partial charge >= 0.3 is 0 Å². The van der Waals surface area contributed by atoms with Gasteiger partial charge in [0, 0.05) is 24.2 Å². The molecule has 2 bridgehead atoms. The lowest BCUT2D eigenvalue weighted by molar-refractivity contribution is 0.0856. The van der Waals surface area contributed by atoms with Crippen LogP contribution in [0, 0.1) is 28.6 Å². The van der Waals surface area contributed by atoms with Crippen molar-refractivity contribution >= 4 is 5.78 Å². The van der Waals surface area contributed by atoms with Crippen LogP contribution in [-0.2, 0) is 0 Å². The third-order valence-corrected chi connectivity index (χ3v) is 5.76. The molecule has 4 rings (SSSR count). The molecule has 2 fully saturated rings. The van der Waals surface area contributed by atoms with Crippen LogP contribution in [0.15, 0.2) is 36.8 Å². The Morgan fingerprint density at radius 1 is 1.19 bits per heavy atom. The van der Waals surface area contributed by atoms with E-state index < -0.39 is 5.95 Å². The molecule has 0 aromatic carbocycles. The van der Waals surface area contributed by atoms with Gasteiger partial charge < -0.3 is 0 Å². The van der Waals surface area contributed by atoms with Gasteiger partial charge in [-0.15, -0.1) is 0 Å². The quantitative estimate of drug-likeness (QED) is 0.478. The summed E-state index contributed by atoms with van der Waals surface area (Å²) in [4.78, 5) is 24.6. The lowest BCUT2D eigenvalue weighted by Crippen LogP contribution is -2.29. The summed E-state index contributed by atoms with van der Waals surface area (Å²) in [6.45, 7) is 0. The fourth-order valence-corrected chi connectivity index (χ4v) is 4.58. The van der Waals surface area contributed by atoms with E-state index >= 15 is 0 Å². The molecular weight excluding hydrogens is 329 g/mol. The van der Waals surface area contributed by atoms with Gasteiger partial charge in [0.1, 0.15) is 11.4 Å². The summed E-state index contributed by atoms with van der Waals surface area (Å²) in [6, 6.07) is 4.68. The molecule has 2 aromatic heterocycles. The van der Waals surface area contributed by atoms with E-state index in [1.165, 1.54) is 6.07 Å². The van der Waals surface area contributed by atoms with E-state index in [4.69, 9.17) is 0 Å². The minimum atomic E-state index is -0.506. The zero-order valence-corrected chi connectivity index (χ0v) is 14.5. The van der Waals surface area contributed by atoms with E-state index in [0.29, 0.717) is 17.8 Å². The lowest BCUT2D eigenvalue weighted by Gasteiger charge is -2.36. The molecule has 0 saturated heterocycles. The first-order chi connectivity index (χ1) is 12.6. The molecule has 2 aliphatic carbocycles. The molecule has 4 nitrogen and oxygen atoms in total. The van der Waals surface area contributed by atoms with Crippen LogP contribution in [0.2, 0.25) is 0 Å². The van der Waals surface area contributed by atoms with Crippen molar-refractivity contribution in [2.24, 2.45) is 10.8 Å². The number of pyridine rings is 1. The highest BCUT2D eigenvalue weighted by Gasteiger charge is 2.51. The van der Waals surface area contributed by atoms with Gasteiger partial charge in [0.15, 0.2) is 5.78 Å². The Hall–Kier alpha value is -2.61. The molecule has 2 heterocycles. The average molecular weight is 349 g/mol. The molecule has 2 atom stereocenters. The van der Waals surface area contributed by atoms with Gasteiger partial charge in [-0.2, -0.15) is 4.39 Å². The largest absolute Gasteiger partial charge is 0.292 e. The molecule has 26 heavy (non-hydrogen) atoms. The van der Waals surface area contributed by atoms with Gasteiger partial charge in [-0.05, 0) is 55.6 Å². The van der Waals surface area contributed by atoms with Crippen LogP contribution >= 0.6 is 0 Å². The molecule has 0 N–H and O–H groups in total. The maximum absolute atomic E-state index is 13.3. The summed E-state index contributed by atoms with van der Waals surface area (Å²) < 4.78 is 13.3. The molecule has 0 aliphatic heterocycles. The van der Waals surface area contributed by atoms with Gasteiger partial charge in [0.25, 0.3) is 0 Å².